The molecule has 29 heavy (non-hydrogen) atoms. The van der Waals surface area contributed by atoms with Crippen LogP contribution in [0.2, 0.25) is 0 Å². The van der Waals surface area contributed by atoms with Crippen LogP contribution >= 0.6 is 0 Å². The molecule has 0 spiro atoms. The minimum atomic E-state index is -0.580. The Labute approximate surface area is 172 Å². The molecule has 0 aromatic heterocycles. The van der Waals surface area contributed by atoms with Crippen LogP contribution in [0.3, 0.4) is 0 Å². The first-order chi connectivity index (χ1) is 13.9. The summed E-state index contributed by atoms with van der Waals surface area (Å²) in [5.41, 5.74) is 2.82. The number of benzene rings is 2. The number of hydrogen-bond acceptors (Lipinski definition) is 2. The Balaban J connectivity index is 1.76. The molecule has 1 saturated carbocycles. The van der Waals surface area contributed by atoms with Gasteiger partial charge in [0.25, 0.3) is 0 Å². The van der Waals surface area contributed by atoms with Crippen LogP contribution in [0.15, 0.2) is 48.5 Å². The van der Waals surface area contributed by atoms with Gasteiger partial charge in [-0.05, 0) is 49.9 Å². The number of nitrogens with zero attached hydrogens (tertiary/aromatic N) is 1. The molecular formula is C24H29FN2O2. The zero-order chi connectivity index (χ0) is 20.8. The van der Waals surface area contributed by atoms with E-state index in [9.17, 15) is 14.0 Å². The lowest BCUT2D eigenvalue weighted by Crippen LogP contribution is -2.50. The highest BCUT2D eigenvalue weighted by Gasteiger charge is 2.28. The van der Waals surface area contributed by atoms with Gasteiger partial charge in [-0.3, -0.25) is 9.59 Å². The molecule has 1 fully saturated rings. The Morgan fingerprint density at radius 3 is 2.45 bits per heavy atom. The SMILES string of the molecule is Cc1cccc(CN(C(=O)Cc2ccc(F)cc2)[C@@H](C)C(=O)NC2CCCC2)c1. The Morgan fingerprint density at radius 2 is 1.79 bits per heavy atom. The number of nitrogens with one attached hydrogen (secondary N) is 1. The molecule has 4 nitrogen and oxygen atoms in total. The second-order valence-electron chi connectivity index (χ2n) is 7.98. The van der Waals surface area contributed by atoms with Gasteiger partial charge in [0.2, 0.25) is 11.8 Å². The summed E-state index contributed by atoms with van der Waals surface area (Å²) in [5, 5.41) is 3.10. The number of aryl methyl sites for hydroxylation is 1. The van der Waals surface area contributed by atoms with Crippen molar-refractivity contribution >= 4 is 11.8 Å². The van der Waals surface area contributed by atoms with Crippen molar-refractivity contribution in [3.05, 3.63) is 71.0 Å². The molecule has 0 heterocycles. The second kappa shape index (κ2) is 9.68. The molecule has 154 valence electrons. The first-order valence-corrected chi connectivity index (χ1v) is 10.3. The average molecular weight is 397 g/mol. The summed E-state index contributed by atoms with van der Waals surface area (Å²) in [7, 11) is 0. The fourth-order valence-electron chi connectivity index (χ4n) is 3.86. The van der Waals surface area contributed by atoms with Crippen LogP contribution in [0.5, 0.6) is 0 Å². The van der Waals surface area contributed by atoms with Gasteiger partial charge < -0.3 is 10.2 Å². The molecule has 0 unspecified atom stereocenters. The van der Waals surface area contributed by atoms with Crippen LogP contribution in [-0.2, 0) is 22.6 Å². The molecule has 0 bridgehead atoms. The van der Waals surface area contributed by atoms with Crippen LogP contribution in [0.1, 0.15) is 49.3 Å². The largest absolute Gasteiger partial charge is 0.352 e. The third-order valence-corrected chi connectivity index (χ3v) is 5.57. The van der Waals surface area contributed by atoms with Crippen LogP contribution in [-0.4, -0.2) is 28.8 Å². The van der Waals surface area contributed by atoms with E-state index in [2.05, 4.69) is 5.32 Å². The summed E-state index contributed by atoms with van der Waals surface area (Å²) in [6.07, 6.45) is 4.40. The van der Waals surface area contributed by atoms with Gasteiger partial charge in [-0.15, -0.1) is 0 Å². The summed E-state index contributed by atoms with van der Waals surface area (Å²) < 4.78 is 13.2. The number of rotatable bonds is 7. The van der Waals surface area contributed by atoms with E-state index in [0.29, 0.717) is 6.54 Å². The molecular weight excluding hydrogens is 367 g/mol. The van der Waals surface area contributed by atoms with Crippen LogP contribution in [0, 0.1) is 12.7 Å². The highest BCUT2D eigenvalue weighted by molar-refractivity contribution is 5.88. The second-order valence-corrected chi connectivity index (χ2v) is 7.98. The van der Waals surface area contributed by atoms with Crippen LogP contribution < -0.4 is 5.32 Å². The number of carbonyl (C=O) groups excluding carboxylic acids is 2. The van der Waals surface area contributed by atoms with E-state index in [1.807, 2.05) is 31.2 Å². The zero-order valence-electron chi connectivity index (χ0n) is 17.2. The molecule has 0 aliphatic heterocycles. The summed E-state index contributed by atoms with van der Waals surface area (Å²) in [6.45, 7) is 4.15. The highest BCUT2D eigenvalue weighted by atomic mass is 19.1. The van der Waals surface area contributed by atoms with Gasteiger partial charge >= 0.3 is 0 Å². The molecule has 0 radical (unpaired) electrons. The van der Waals surface area contributed by atoms with Gasteiger partial charge in [0.1, 0.15) is 11.9 Å². The summed E-state index contributed by atoms with van der Waals surface area (Å²) >= 11 is 0. The van der Waals surface area contributed by atoms with Gasteiger partial charge in [-0.25, -0.2) is 4.39 Å². The van der Waals surface area contributed by atoms with Gasteiger partial charge in [0.05, 0.1) is 6.42 Å². The molecule has 2 amide bonds. The Hall–Kier alpha value is -2.69. The number of amides is 2. The first kappa shape index (κ1) is 21.0. The Kier molecular flexibility index (Phi) is 7.02. The smallest absolute Gasteiger partial charge is 0.242 e. The monoisotopic (exact) mass is 396 g/mol. The third kappa shape index (κ3) is 5.89. The maximum Gasteiger partial charge on any atom is 0.242 e. The van der Waals surface area contributed by atoms with Crippen molar-refractivity contribution in [2.24, 2.45) is 0 Å². The quantitative estimate of drug-likeness (QED) is 0.764. The fraction of sp³-hybridized carbons (Fsp3) is 0.417. The average Bonchev–Trinajstić information content (AvgIpc) is 3.20. The Bertz CT molecular complexity index is 844. The van der Waals surface area contributed by atoms with E-state index in [4.69, 9.17) is 0 Å². The van der Waals surface area contributed by atoms with E-state index < -0.39 is 6.04 Å². The van der Waals surface area contributed by atoms with Gasteiger partial charge in [-0.2, -0.15) is 0 Å². The van der Waals surface area contributed by atoms with E-state index >= 15 is 0 Å². The van der Waals surface area contributed by atoms with Crippen molar-refractivity contribution in [1.82, 2.24) is 10.2 Å². The minimum Gasteiger partial charge on any atom is -0.352 e. The van der Waals surface area contributed by atoms with E-state index in [1.165, 1.54) is 12.1 Å². The topological polar surface area (TPSA) is 49.4 Å². The molecule has 5 heteroatoms. The fourth-order valence-corrected chi connectivity index (χ4v) is 3.86. The van der Waals surface area contributed by atoms with E-state index in [1.54, 1.807) is 24.0 Å². The number of carbonyl (C=O) groups is 2. The van der Waals surface area contributed by atoms with Crippen molar-refractivity contribution in [2.75, 3.05) is 0 Å². The predicted octanol–water partition coefficient (Wildman–Crippen LogP) is 4.15. The summed E-state index contributed by atoms with van der Waals surface area (Å²) in [5.74, 6) is -0.591. The molecule has 3 rings (SSSR count). The summed E-state index contributed by atoms with van der Waals surface area (Å²) in [4.78, 5) is 27.6. The molecule has 2 aromatic carbocycles. The van der Waals surface area contributed by atoms with Crippen molar-refractivity contribution in [3.63, 3.8) is 0 Å². The highest BCUT2D eigenvalue weighted by Crippen LogP contribution is 2.19. The summed E-state index contributed by atoms with van der Waals surface area (Å²) in [6, 6.07) is 13.5. The lowest BCUT2D eigenvalue weighted by atomic mass is 10.1. The number of hydrogen-bond donors (Lipinski definition) is 1. The minimum absolute atomic E-state index is 0.114. The molecule has 0 saturated heterocycles. The van der Waals surface area contributed by atoms with Gasteiger partial charge in [0.15, 0.2) is 0 Å². The molecule has 1 aliphatic carbocycles. The van der Waals surface area contributed by atoms with Crippen LogP contribution in [0.4, 0.5) is 4.39 Å². The third-order valence-electron chi connectivity index (χ3n) is 5.57. The maximum absolute atomic E-state index is 13.2. The standard InChI is InChI=1S/C24H29FN2O2/c1-17-6-5-7-20(14-17)16-27(18(2)24(29)26-22-8-3-4-9-22)23(28)15-19-10-12-21(25)13-11-19/h5-7,10-14,18,22H,3-4,8-9,15-16H2,1-2H3,(H,26,29)/t18-/m0/s1. The number of halogens is 1. The maximum atomic E-state index is 13.2. The lowest BCUT2D eigenvalue weighted by Gasteiger charge is -2.30. The van der Waals surface area contributed by atoms with E-state index in [0.717, 1.165) is 42.4 Å². The van der Waals surface area contributed by atoms with Crippen molar-refractivity contribution in [3.8, 4) is 0 Å². The van der Waals surface area contributed by atoms with Crippen molar-refractivity contribution in [2.45, 2.75) is 64.6 Å². The predicted molar refractivity (Wildman–Crippen MR) is 112 cm³/mol. The molecule has 2 aromatic rings. The molecule has 1 atom stereocenters. The van der Waals surface area contributed by atoms with Crippen molar-refractivity contribution < 1.29 is 14.0 Å². The zero-order valence-corrected chi connectivity index (χ0v) is 17.2. The normalized spacial score (nSPS) is 15.1. The molecule has 1 N–H and O–H groups in total. The lowest BCUT2D eigenvalue weighted by molar-refractivity contribution is -0.140. The van der Waals surface area contributed by atoms with Crippen LogP contribution in [0.25, 0.3) is 0 Å². The van der Waals surface area contributed by atoms with Crippen molar-refractivity contribution in [1.29, 1.82) is 0 Å². The van der Waals surface area contributed by atoms with E-state index in [-0.39, 0.29) is 30.1 Å². The Morgan fingerprint density at radius 1 is 1.10 bits per heavy atom. The molecule has 1 aliphatic rings. The van der Waals surface area contributed by atoms with Gasteiger partial charge in [-0.1, -0.05) is 54.8 Å². The van der Waals surface area contributed by atoms with Gasteiger partial charge in [0, 0.05) is 12.6 Å². The first-order valence-electron chi connectivity index (χ1n) is 10.3.